The van der Waals surface area contributed by atoms with Gasteiger partial charge in [0.25, 0.3) is 0 Å². The lowest BCUT2D eigenvalue weighted by atomic mass is 10.1. The van der Waals surface area contributed by atoms with Crippen molar-refractivity contribution in [3.63, 3.8) is 0 Å². The zero-order valence-electron chi connectivity index (χ0n) is 14.1. The lowest BCUT2D eigenvalue weighted by Gasteiger charge is -2.17. The van der Waals surface area contributed by atoms with Gasteiger partial charge in [0, 0.05) is 24.7 Å². The van der Waals surface area contributed by atoms with Crippen LogP contribution in [0, 0.1) is 0 Å². The third-order valence-electron chi connectivity index (χ3n) is 4.36. The first-order chi connectivity index (χ1) is 12.2. The van der Waals surface area contributed by atoms with Crippen LogP contribution in [-0.2, 0) is 0 Å². The van der Waals surface area contributed by atoms with E-state index >= 15 is 0 Å². The highest BCUT2D eigenvalue weighted by molar-refractivity contribution is 5.68. The van der Waals surface area contributed by atoms with Gasteiger partial charge in [0.05, 0.1) is 19.1 Å². The molecule has 2 aromatic heterocycles. The summed E-state index contributed by atoms with van der Waals surface area (Å²) in [6, 6.07) is 13.7. The Bertz CT molecular complexity index is 864. The second-order valence-corrected chi connectivity index (χ2v) is 6.14. The molecule has 0 bridgehead atoms. The molecule has 1 aromatic carbocycles. The van der Waals surface area contributed by atoms with Gasteiger partial charge in [0.1, 0.15) is 11.4 Å². The van der Waals surface area contributed by atoms with E-state index in [1.165, 1.54) is 0 Å². The average molecular weight is 336 g/mol. The maximum Gasteiger partial charge on any atom is 0.226 e. The molecule has 128 valence electrons. The zero-order chi connectivity index (χ0) is 17.2. The Morgan fingerprint density at radius 3 is 2.76 bits per heavy atom. The van der Waals surface area contributed by atoms with Gasteiger partial charge in [-0.25, -0.2) is 9.97 Å². The molecule has 0 saturated carbocycles. The van der Waals surface area contributed by atoms with Crippen molar-refractivity contribution in [2.75, 3.05) is 25.1 Å². The van der Waals surface area contributed by atoms with Crippen LogP contribution in [0.3, 0.4) is 0 Å². The fourth-order valence-electron chi connectivity index (χ4n) is 3.03. The number of nitrogens with zero attached hydrogens (tertiary/aromatic N) is 3. The van der Waals surface area contributed by atoms with Gasteiger partial charge in [-0.3, -0.25) is 0 Å². The molecule has 6 nitrogen and oxygen atoms in total. The van der Waals surface area contributed by atoms with E-state index in [4.69, 9.17) is 24.9 Å². The summed E-state index contributed by atoms with van der Waals surface area (Å²) in [6.07, 6.45) is 2.59. The molecule has 3 aromatic rings. The quantitative estimate of drug-likeness (QED) is 0.789. The molecule has 3 heterocycles. The number of furan rings is 1. The lowest BCUT2D eigenvalue weighted by molar-refractivity contribution is 0.415. The normalized spacial score (nSPS) is 17.0. The van der Waals surface area contributed by atoms with Crippen LogP contribution in [0.15, 0.2) is 53.1 Å². The Balaban J connectivity index is 1.81. The van der Waals surface area contributed by atoms with Gasteiger partial charge in [0.15, 0.2) is 5.76 Å². The maximum atomic E-state index is 6.05. The first-order valence-electron chi connectivity index (χ1n) is 8.31. The van der Waals surface area contributed by atoms with Gasteiger partial charge >= 0.3 is 0 Å². The van der Waals surface area contributed by atoms with E-state index in [0.29, 0.717) is 5.95 Å². The highest BCUT2D eigenvalue weighted by Gasteiger charge is 2.23. The molecular formula is C19H20N4O2. The minimum Gasteiger partial charge on any atom is -0.497 e. The fraction of sp³-hybridized carbons (Fsp3) is 0.263. The summed E-state index contributed by atoms with van der Waals surface area (Å²) < 4.78 is 10.9. The Morgan fingerprint density at radius 2 is 2.04 bits per heavy atom. The number of ether oxygens (including phenoxy) is 1. The summed E-state index contributed by atoms with van der Waals surface area (Å²) in [5.41, 5.74) is 8.61. The summed E-state index contributed by atoms with van der Waals surface area (Å²) in [5, 5.41) is 0. The zero-order valence-corrected chi connectivity index (χ0v) is 14.1. The minimum absolute atomic E-state index is 0.163. The van der Waals surface area contributed by atoms with Gasteiger partial charge in [-0.1, -0.05) is 12.1 Å². The Kier molecular flexibility index (Phi) is 4.11. The van der Waals surface area contributed by atoms with Gasteiger partial charge in [-0.05, 0) is 36.8 Å². The maximum absolute atomic E-state index is 6.05. The minimum atomic E-state index is 0.163. The van der Waals surface area contributed by atoms with E-state index in [9.17, 15) is 0 Å². The van der Waals surface area contributed by atoms with Gasteiger partial charge in [-0.2, -0.15) is 0 Å². The van der Waals surface area contributed by atoms with Crippen molar-refractivity contribution in [1.82, 2.24) is 9.97 Å². The van der Waals surface area contributed by atoms with Crippen LogP contribution < -0.4 is 15.4 Å². The molecule has 6 heteroatoms. The van der Waals surface area contributed by atoms with Crippen molar-refractivity contribution in [2.45, 2.75) is 12.5 Å². The summed E-state index contributed by atoms with van der Waals surface area (Å²) in [6.45, 7) is 1.62. The lowest BCUT2D eigenvalue weighted by Crippen LogP contribution is -2.27. The molecule has 1 atom stereocenters. The van der Waals surface area contributed by atoms with Crippen LogP contribution in [-0.4, -0.2) is 36.2 Å². The van der Waals surface area contributed by atoms with Gasteiger partial charge < -0.3 is 19.8 Å². The van der Waals surface area contributed by atoms with E-state index in [1.54, 1.807) is 13.4 Å². The highest BCUT2D eigenvalue weighted by atomic mass is 16.5. The summed E-state index contributed by atoms with van der Waals surface area (Å²) >= 11 is 0. The van der Waals surface area contributed by atoms with Crippen molar-refractivity contribution in [3.8, 4) is 28.5 Å². The SMILES string of the molecule is COc1cccc(-c2cc(-c3ccco3)nc(N3CCC(N)C3)n2)c1. The predicted octanol–water partition coefficient (Wildman–Crippen LogP) is 2.95. The monoisotopic (exact) mass is 336 g/mol. The summed E-state index contributed by atoms with van der Waals surface area (Å²) in [5.74, 6) is 2.19. The van der Waals surface area contributed by atoms with Crippen LogP contribution in [0.2, 0.25) is 0 Å². The molecule has 25 heavy (non-hydrogen) atoms. The van der Waals surface area contributed by atoms with Crippen molar-refractivity contribution >= 4 is 5.95 Å². The van der Waals surface area contributed by atoms with Crippen LogP contribution in [0.4, 0.5) is 5.95 Å². The van der Waals surface area contributed by atoms with E-state index in [1.807, 2.05) is 42.5 Å². The molecule has 1 unspecified atom stereocenters. The molecule has 0 radical (unpaired) electrons. The molecule has 2 N–H and O–H groups in total. The number of nitrogens with two attached hydrogens (primary N) is 1. The number of anilines is 1. The number of methoxy groups -OCH3 is 1. The Labute approximate surface area is 146 Å². The molecule has 1 saturated heterocycles. The van der Waals surface area contributed by atoms with E-state index in [0.717, 1.165) is 48.0 Å². The van der Waals surface area contributed by atoms with Crippen LogP contribution in [0.25, 0.3) is 22.7 Å². The molecule has 0 spiro atoms. The third-order valence-corrected chi connectivity index (χ3v) is 4.36. The molecule has 4 rings (SSSR count). The van der Waals surface area contributed by atoms with E-state index < -0.39 is 0 Å². The highest BCUT2D eigenvalue weighted by Crippen LogP contribution is 2.29. The topological polar surface area (TPSA) is 77.4 Å². The van der Waals surface area contributed by atoms with Gasteiger partial charge in [0.2, 0.25) is 5.95 Å². The van der Waals surface area contributed by atoms with Crippen LogP contribution in [0.5, 0.6) is 5.75 Å². The van der Waals surface area contributed by atoms with Gasteiger partial charge in [-0.15, -0.1) is 0 Å². The Hall–Kier alpha value is -2.86. The van der Waals surface area contributed by atoms with Crippen molar-refractivity contribution < 1.29 is 9.15 Å². The first kappa shape index (κ1) is 15.7. The second-order valence-electron chi connectivity index (χ2n) is 6.14. The molecule has 1 aliphatic heterocycles. The molecule has 1 aliphatic rings. The summed E-state index contributed by atoms with van der Waals surface area (Å²) in [4.78, 5) is 11.6. The van der Waals surface area contributed by atoms with Crippen molar-refractivity contribution in [2.24, 2.45) is 5.73 Å². The smallest absolute Gasteiger partial charge is 0.226 e. The number of hydrogen-bond acceptors (Lipinski definition) is 6. The molecule has 0 amide bonds. The number of benzene rings is 1. The van der Waals surface area contributed by atoms with Crippen LogP contribution in [0.1, 0.15) is 6.42 Å². The van der Waals surface area contributed by atoms with Crippen molar-refractivity contribution in [1.29, 1.82) is 0 Å². The molecule has 1 fully saturated rings. The number of hydrogen-bond donors (Lipinski definition) is 1. The number of aromatic nitrogens is 2. The van der Waals surface area contributed by atoms with Crippen LogP contribution >= 0.6 is 0 Å². The van der Waals surface area contributed by atoms with E-state index in [2.05, 4.69) is 4.90 Å². The Morgan fingerprint density at radius 1 is 1.16 bits per heavy atom. The van der Waals surface area contributed by atoms with Crippen molar-refractivity contribution in [3.05, 3.63) is 48.7 Å². The molecular weight excluding hydrogens is 316 g/mol. The first-order valence-corrected chi connectivity index (χ1v) is 8.31. The standard InChI is InChI=1S/C19H20N4O2/c1-24-15-5-2-4-13(10-15)16-11-17(18-6-3-9-25-18)22-19(21-16)23-8-7-14(20)12-23/h2-6,9-11,14H,7-8,12,20H2,1H3. The fourth-order valence-corrected chi connectivity index (χ4v) is 3.03. The molecule has 0 aliphatic carbocycles. The average Bonchev–Trinajstić information content (AvgIpc) is 3.33. The number of rotatable bonds is 4. The third kappa shape index (κ3) is 3.21. The summed E-state index contributed by atoms with van der Waals surface area (Å²) in [7, 11) is 1.66. The predicted molar refractivity (Wildman–Crippen MR) is 96.5 cm³/mol. The largest absolute Gasteiger partial charge is 0.497 e. The van der Waals surface area contributed by atoms with E-state index in [-0.39, 0.29) is 6.04 Å². The second kappa shape index (κ2) is 6.57.